The van der Waals surface area contributed by atoms with Gasteiger partial charge in [0.25, 0.3) is 0 Å². The summed E-state index contributed by atoms with van der Waals surface area (Å²) < 4.78 is 6.27. The number of rotatable bonds is 4. The maximum absolute atomic E-state index is 13.7. The van der Waals surface area contributed by atoms with Gasteiger partial charge in [-0.3, -0.25) is 9.59 Å². The Bertz CT molecular complexity index is 1090. The number of anilines is 1. The van der Waals surface area contributed by atoms with E-state index in [2.05, 4.69) is 0 Å². The van der Waals surface area contributed by atoms with Crippen molar-refractivity contribution in [2.24, 2.45) is 5.92 Å². The van der Waals surface area contributed by atoms with E-state index in [0.29, 0.717) is 11.4 Å². The fourth-order valence-electron chi connectivity index (χ4n) is 3.79. The number of carbonyl (C=O) groups is 2. The lowest BCUT2D eigenvalue weighted by Crippen LogP contribution is -2.40. The van der Waals surface area contributed by atoms with E-state index in [1.807, 2.05) is 91.9 Å². The fourth-order valence-corrected chi connectivity index (χ4v) is 3.79. The number of para-hydroxylation sites is 1. The molecular weight excluding hydrogens is 374 g/mol. The number of aryl methyl sites for hydroxylation is 1. The number of nitrogens with zero attached hydrogens (tertiary/aromatic N) is 1. The summed E-state index contributed by atoms with van der Waals surface area (Å²) in [6.45, 7) is 3.31. The summed E-state index contributed by atoms with van der Waals surface area (Å²) in [4.78, 5) is 27.5. The lowest BCUT2D eigenvalue weighted by atomic mass is 9.94. The Morgan fingerprint density at radius 2 is 1.43 bits per heavy atom. The second kappa shape index (κ2) is 8.37. The summed E-state index contributed by atoms with van der Waals surface area (Å²) in [7, 11) is 0. The molecule has 0 saturated heterocycles. The minimum Gasteiger partial charge on any atom is -0.484 e. The summed E-state index contributed by atoms with van der Waals surface area (Å²) in [5.74, 6) is -0.582. The first-order chi connectivity index (χ1) is 14.6. The maximum atomic E-state index is 13.7. The van der Waals surface area contributed by atoms with Crippen LogP contribution in [0.4, 0.5) is 5.69 Å². The van der Waals surface area contributed by atoms with Crippen molar-refractivity contribution in [2.45, 2.75) is 20.0 Å². The van der Waals surface area contributed by atoms with Crippen molar-refractivity contribution >= 4 is 23.3 Å². The zero-order valence-electron chi connectivity index (χ0n) is 17.0. The second-order valence-electron chi connectivity index (χ2n) is 7.35. The van der Waals surface area contributed by atoms with E-state index in [-0.39, 0.29) is 11.8 Å². The van der Waals surface area contributed by atoms with E-state index in [1.54, 1.807) is 6.07 Å². The zero-order valence-corrected chi connectivity index (χ0v) is 17.0. The van der Waals surface area contributed by atoms with Crippen molar-refractivity contribution in [2.75, 3.05) is 4.90 Å². The van der Waals surface area contributed by atoms with Gasteiger partial charge in [0.1, 0.15) is 17.8 Å². The third-order valence-electron chi connectivity index (χ3n) is 5.27. The molecule has 150 valence electrons. The van der Waals surface area contributed by atoms with Crippen molar-refractivity contribution in [3.63, 3.8) is 0 Å². The molecule has 0 radical (unpaired) electrons. The molecule has 4 heteroatoms. The van der Waals surface area contributed by atoms with Crippen LogP contribution in [0.3, 0.4) is 0 Å². The molecule has 0 saturated carbocycles. The first-order valence-corrected chi connectivity index (χ1v) is 9.95. The number of benzene rings is 3. The van der Waals surface area contributed by atoms with Crippen LogP contribution in [0.1, 0.15) is 29.7 Å². The van der Waals surface area contributed by atoms with E-state index >= 15 is 0 Å². The highest BCUT2D eigenvalue weighted by molar-refractivity contribution is 6.16. The van der Waals surface area contributed by atoms with Crippen molar-refractivity contribution in [3.05, 3.63) is 108 Å². The molecule has 4 rings (SSSR count). The van der Waals surface area contributed by atoms with Gasteiger partial charge in [-0.25, -0.2) is 4.90 Å². The summed E-state index contributed by atoms with van der Waals surface area (Å²) in [6.07, 6.45) is 1.34. The molecule has 0 aliphatic carbocycles. The quantitative estimate of drug-likeness (QED) is 0.600. The van der Waals surface area contributed by atoms with Gasteiger partial charge in [0.2, 0.25) is 11.8 Å². The van der Waals surface area contributed by atoms with Crippen molar-refractivity contribution in [3.8, 4) is 0 Å². The molecule has 1 aliphatic rings. The van der Waals surface area contributed by atoms with Crippen LogP contribution in [0.5, 0.6) is 0 Å². The highest BCUT2D eigenvalue weighted by atomic mass is 16.5. The molecule has 3 aromatic rings. The van der Waals surface area contributed by atoms with Gasteiger partial charge >= 0.3 is 0 Å². The first kappa shape index (κ1) is 19.6. The average Bonchev–Trinajstić information content (AvgIpc) is 3.22. The normalized spacial score (nSPS) is 17.7. The summed E-state index contributed by atoms with van der Waals surface area (Å²) in [6, 6.07) is 26.8. The number of hydrogen-bond donors (Lipinski definition) is 0. The van der Waals surface area contributed by atoms with E-state index in [1.165, 1.54) is 11.8 Å². The molecular formula is C26H23NO3. The Balaban J connectivity index is 1.77. The monoisotopic (exact) mass is 397 g/mol. The number of hydrogen-bond acceptors (Lipinski definition) is 3. The molecule has 2 amide bonds. The van der Waals surface area contributed by atoms with Gasteiger partial charge in [-0.2, -0.15) is 0 Å². The zero-order chi connectivity index (χ0) is 21.1. The lowest BCUT2D eigenvalue weighted by molar-refractivity contribution is -0.128. The molecule has 1 aliphatic heterocycles. The summed E-state index contributed by atoms with van der Waals surface area (Å²) in [5.41, 5.74) is 3.26. The molecule has 0 fully saturated rings. The van der Waals surface area contributed by atoms with Gasteiger partial charge < -0.3 is 4.74 Å². The second-order valence-corrected chi connectivity index (χ2v) is 7.35. The van der Waals surface area contributed by atoms with E-state index in [4.69, 9.17) is 4.74 Å². The highest BCUT2D eigenvalue weighted by Gasteiger charge is 2.40. The molecule has 4 nitrogen and oxygen atoms in total. The van der Waals surface area contributed by atoms with Crippen LogP contribution >= 0.6 is 0 Å². The SMILES string of the molecule is CC(=O)N(C(=O)C1C=C(c2ccccc2)OC1c1ccccc1)c1ccccc1C. The lowest BCUT2D eigenvalue weighted by Gasteiger charge is -2.26. The van der Waals surface area contributed by atoms with Gasteiger partial charge in [0.15, 0.2) is 0 Å². The molecule has 0 N–H and O–H groups in total. The van der Waals surface area contributed by atoms with Gasteiger partial charge in [-0.05, 0) is 30.2 Å². The first-order valence-electron chi connectivity index (χ1n) is 9.95. The highest BCUT2D eigenvalue weighted by Crippen LogP contribution is 2.41. The number of carbonyl (C=O) groups excluding carboxylic acids is 2. The van der Waals surface area contributed by atoms with Crippen molar-refractivity contribution in [1.82, 2.24) is 0 Å². The average molecular weight is 397 g/mol. The molecule has 0 spiro atoms. The smallest absolute Gasteiger partial charge is 0.244 e. The van der Waals surface area contributed by atoms with Crippen LogP contribution in [-0.2, 0) is 14.3 Å². The van der Waals surface area contributed by atoms with Crippen LogP contribution in [0.15, 0.2) is 91.0 Å². The van der Waals surface area contributed by atoms with Gasteiger partial charge in [0.05, 0.1) is 5.69 Å². The Morgan fingerprint density at radius 3 is 2.07 bits per heavy atom. The third-order valence-corrected chi connectivity index (χ3v) is 5.27. The van der Waals surface area contributed by atoms with Gasteiger partial charge in [-0.1, -0.05) is 78.9 Å². The topological polar surface area (TPSA) is 46.6 Å². The van der Waals surface area contributed by atoms with Gasteiger partial charge in [-0.15, -0.1) is 0 Å². The van der Waals surface area contributed by atoms with E-state index in [9.17, 15) is 9.59 Å². The van der Waals surface area contributed by atoms with Crippen LogP contribution in [0.2, 0.25) is 0 Å². The number of imide groups is 1. The Kier molecular flexibility index (Phi) is 5.48. The van der Waals surface area contributed by atoms with Crippen LogP contribution in [0.25, 0.3) is 5.76 Å². The standard InChI is InChI=1S/C26H23NO3/c1-18-11-9-10-16-23(18)27(19(2)28)26(29)22-17-24(20-12-5-3-6-13-20)30-25(22)21-14-7-4-8-15-21/h3-17,22,25H,1-2H3. The minimum absolute atomic E-state index is 0.295. The molecule has 0 aromatic heterocycles. The van der Waals surface area contributed by atoms with E-state index in [0.717, 1.165) is 16.7 Å². The van der Waals surface area contributed by atoms with Crippen LogP contribution in [-0.4, -0.2) is 11.8 Å². The molecule has 0 bridgehead atoms. The number of ether oxygens (including phenoxy) is 1. The molecule has 30 heavy (non-hydrogen) atoms. The Labute approximate surface area is 176 Å². The summed E-state index contributed by atoms with van der Waals surface area (Å²) in [5, 5.41) is 0. The van der Waals surface area contributed by atoms with E-state index < -0.39 is 12.0 Å². The summed E-state index contributed by atoms with van der Waals surface area (Å²) >= 11 is 0. The molecule has 3 aromatic carbocycles. The predicted octanol–water partition coefficient (Wildman–Crippen LogP) is 5.30. The fraction of sp³-hybridized carbons (Fsp3) is 0.154. The third kappa shape index (κ3) is 3.77. The Morgan fingerprint density at radius 1 is 0.833 bits per heavy atom. The molecule has 1 heterocycles. The molecule has 2 atom stereocenters. The number of amides is 2. The van der Waals surface area contributed by atoms with Crippen molar-refractivity contribution in [1.29, 1.82) is 0 Å². The Hall–Kier alpha value is -3.66. The molecule has 2 unspecified atom stereocenters. The van der Waals surface area contributed by atoms with Gasteiger partial charge in [0, 0.05) is 12.5 Å². The van der Waals surface area contributed by atoms with Crippen molar-refractivity contribution < 1.29 is 14.3 Å². The largest absolute Gasteiger partial charge is 0.484 e. The minimum atomic E-state index is -0.619. The maximum Gasteiger partial charge on any atom is 0.244 e. The van der Waals surface area contributed by atoms with Crippen LogP contribution in [0, 0.1) is 12.8 Å². The van der Waals surface area contributed by atoms with Crippen LogP contribution < -0.4 is 4.90 Å². The predicted molar refractivity (Wildman–Crippen MR) is 118 cm³/mol.